The van der Waals surface area contributed by atoms with Crippen LogP contribution in [-0.2, 0) is 24.9 Å². The van der Waals surface area contributed by atoms with E-state index < -0.39 is 5.54 Å². The molecule has 0 N–H and O–H groups in total. The predicted octanol–water partition coefficient (Wildman–Crippen LogP) is 10.0. The van der Waals surface area contributed by atoms with Gasteiger partial charge in [-0.2, -0.15) is 0 Å². The summed E-state index contributed by atoms with van der Waals surface area (Å²) < 4.78 is 3.86. The fraction of sp³-hybridized carbons (Fsp3) is 0.180. The van der Waals surface area contributed by atoms with Crippen LogP contribution in [0.4, 0.5) is 0 Å². The Bertz CT molecular complexity index is 2540. The first kappa shape index (κ1) is 37.2. The average molecular weight is 747 g/mol. The van der Waals surface area contributed by atoms with Crippen LogP contribution in [0.25, 0.3) is 22.5 Å². The van der Waals surface area contributed by atoms with E-state index >= 15 is 0 Å². The quantitative estimate of drug-likeness (QED) is 0.110. The molecule has 282 valence electrons. The van der Waals surface area contributed by atoms with Gasteiger partial charge in [-0.15, -0.1) is 5.10 Å². The molecule has 8 aromatic rings. The molecule has 0 fully saturated rings. The van der Waals surface area contributed by atoms with Crippen LogP contribution in [0.2, 0.25) is 0 Å². The van der Waals surface area contributed by atoms with Crippen LogP contribution in [0.1, 0.15) is 70.2 Å². The van der Waals surface area contributed by atoms with Crippen molar-refractivity contribution < 1.29 is 0 Å². The van der Waals surface area contributed by atoms with Crippen molar-refractivity contribution in [2.24, 2.45) is 0 Å². The third-order valence-electron chi connectivity index (χ3n) is 10.9. The van der Waals surface area contributed by atoms with Crippen LogP contribution in [0.15, 0.2) is 169 Å². The summed E-state index contributed by atoms with van der Waals surface area (Å²) in [5.41, 5.74) is 10.1. The van der Waals surface area contributed by atoms with Crippen LogP contribution in [0.3, 0.4) is 0 Å². The maximum absolute atomic E-state index is 14.2. The molecule has 0 saturated carbocycles. The molecule has 0 radical (unpaired) electrons. The fourth-order valence-electron chi connectivity index (χ4n) is 7.95. The van der Waals surface area contributed by atoms with Gasteiger partial charge in [0, 0.05) is 29.7 Å². The summed E-state index contributed by atoms with van der Waals surface area (Å²) in [4.78, 5) is 19.3. The third kappa shape index (κ3) is 7.36. The Kier molecular flexibility index (Phi) is 10.8. The van der Waals surface area contributed by atoms with E-state index in [1.807, 2.05) is 46.5 Å². The van der Waals surface area contributed by atoms with E-state index in [-0.39, 0.29) is 5.56 Å². The van der Waals surface area contributed by atoms with Crippen molar-refractivity contribution in [3.05, 3.63) is 225 Å². The van der Waals surface area contributed by atoms with Gasteiger partial charge in [-0.1, -0.05) is 183 Å². The number of aromatic nitrogens is 6. The van der Waals surface area contributed by atoms with Gasteiger partial charge >= 0.3 is 0 Å². The van der Waals surface area contributed by atoms with Gasteiger partial charge in [-0.25, -0.2) is 9.67 Å². The standard InChI is InChI=1S/C50H46N6O/c1-4-5-25-47-51-37(3)46(34-38-28-26-36(2)27-29-38)49(57)55(47)35-39-30-32-40(33-31-39)44-23-15-16-24-45(44)48-52-53-54-56(48)50(41-17-9-6-10-18-41,42-19-11-7-12-20-42)43-21-13-8-14-22-43/h6-24,26-33H,4-5,25,34-35H2,1-3H3. The molecular formula is C50H46N6O. The molecule has 0 atom stereocenters. The number of unbranched alkanes of at least 4 members (excludes halogenated alkanes) is 1. The number of nitrogens with zero attached hydrogens (tertiary/aromatic N) is 6. The first-order valence-electron chi connectivity index (χ1n) is 19.8. The molecule has 2 aromatic heterocycles. The van der Waals surface area contributed by atoms with Crippen molar-refractivity contribution in [3.8, 4) is 22.5 Å². The maximum atomic E-state index is 14.2. The second kappa shape index (κ2) is 16.6. The highest BCUT2D eigenvalue weighted by Gasteiger charge is 2.42. The minimum absolute atomic E-state index is 0.0363. The largest absolute Gasteiger partial charge is 0.292 e. The second-order valence-corrected chi connectivity index (χ2v) is 14.7. The smallest absolute Gasteiger partial charge is 0.257 e. The zero-order valence-electron chi connectivity index (χ0n) is 32.7. The molecule has 57 heavy (non-hydrogen) atoms. The third-order valence-corrected chi connectivity index (χ3v) is 10.9. The summed E-state index contributed by atoms with van der Waals surface area (Å²) >= 11 is 0. The average Bonchev–Trinajstić information content (AvgIpc) is 3.75. The van der Waals surface area contributed by atoms with Crippen molar-refractivity contribution in [2.45, 2.75) is 58.5 Å². The van der Waals surface area contributed by atoms with Crippen molar-refractivity contribution in [3.63, 3.8) is 0 Å². The van der Waals surface area contributed by atoms with E-state index in [0.717, 1.165) is 80.9 Å². The van der Waals surface area contributed by atoms with E-state index in [1.165, 1.54) is 5.56 Å². The molecule has 0 aliphatic heterocycles. The number of hydrogen-bond acceptors (Lipinski definition) is 5. The van der Waals surface area contributed by atoms with Gasteiger partial charge in [0.05, 0.1) is 6.54 Å². The molecule has 8 rings (SSSR count). The molecule has 0 unspecified atom stereocenters. The number of aryl methyl sites for hydroxylation is 3. The van der Waals surface area contributed by atoms with Crippen LogP contribution in [-0.4, -0.2) is 29.8 Å². The number of benzene rings is 6. The Morgan fingerprint density at radius 1 is 0.614 bits per heavy atom. The van der Waals surface area contributed by atoms with E-state index in [1.54, 1.807) is 0 Å². The van der Waals surface area contributed by atoms with Gasteiger partial charge < -0.3 is 0 Å². The summed E-state index contributed by atoms with van der Waals surface area (Å²) in [6, 6.07) is 56.5. The lowest BCUT2D eigenvalue weighted by atomic mass is 9.77. The van der Waals surface area contributed by atoms with Gasteiger partial charge in [0.15, 0.2) is 5.82 Å². The lowest BCUT2D eigenvalue weighted by Gasteiger charge is -2.36. The molecule has 0 spiro atoms. The minimum Gasteiger partial charge on any atom is -0.292 e. The van der Waals surface area contributed by atoms with Crippen LogP contribution in [0, 0.1) is 13.8 Å². The number of tetrazole rings is 1. The SMILES string of the molecule is CCCCc1nc(C)c(Cc2ccc(C)cc2)c(=O)n1Cc1ccc(-c2ccccc2-c2nnnn2C(c2ccccc2)(c2ccccc2)c2ccccc2)cc1. The molecule has 0 aliphatic carbocycles. The number of hydrogen-bond donors (Lipinski definition) is 0. The van der Waals surface area contributed by atoms with E-state index in [2.05, 4.69) is 153 Å². The van der Waals surface area contributed by atoms with Crippen molar-refractivity contribution >= 4 is 0 Å². The Morgan fingerprint density at radius 3 is 1.74 bits per heavy atom. The van der Waals surface area contributed by atoms with Gasteiger partial charge in [0.2, 0.25) is 0 Å². The topological polar surface area (TPSA) is 78.5 Å². The Hall–Kier alpha value is -6.73. The Morgan fingerprint density at radius 2 is 1.16 bits per heavy atom. The fourth-order valence-corrected chi connectivity index (χ4v) is 7.95. The maximum Gasteiger partial charge on any atom is 0.257 e. The van der Waals surface area contributed by atoms with Gasteiger partial charge in [-0.3, -0.25) is 9.36 Å². The monoisotopic (exact) mass is 746 g/mol. The Labute approximate surface area is 334 Å². The highest BCUT2D eigenvalue weighted by atomic mass is 16.1. The van der Waals surface area contributed by atoms with Gasteiger partial charge in [-0.05, 0) is 69.6 Å². The van der Waals surface area contributed by atoms with Gasteiger partial charge in [0.25, 0.3) is 5.56 Å². The minimum atomic E-state index is -0.872. The summed E-state index contributed by atoms with van der Waals surface area (Å²) in [6.07, 6.45) is 3.31. The van der Waals surface area contributed by atoms with E-state index in [4.69, 9.17) is 15.3 Å². The first-order chi connectivity index (χ1) is 28.0. The van der Waals surface area contributed by atoms with Crippen molar-refractivity contribution in [1.29, 1.82) is 0 Å². The normalized spacial score (nSPS) is 11.5. The Balaban J connectivity index is 1.19. The summed E-state index contributed by atoms with van der Waals surface area (Å²) in [7, 11) is 0. The zero-order valence-corrected chi connectivity index (χ0v) is 32.7. The van der Waals surface area contributed by atoms with Crippen molar-refractivity contribution in [1.82, 2.24) is 29.8 Å². The number of rotatable bonds is 13. The molecule has 7 heteroatoms. The summed E-state index contributed by atoms with van der Waals surface area (Å²) in [6.45, 7) is 6.66. The molecule has 2 heterocycles. The summed E-state index contributed by atoms with van der Waals surface area (Å²) in [5.74, 6) is 1.48. The van der Waals surface area contributed by atoms with Crippen LogP contribution < -0.4 is 5.56 Å². The molecule has 0 bridgehead atoms. The molecule has 0 saturated heterocycles. The highest BCUT2D eigenvalue weighted by molar-refractivity contribution is 5.81. The second-order valence-electron chi connectivity index (χ2n) is 14.7. The zero-order chi connectivity index (χ0) is 39.2. The molecule has 0 amide bonds. The molecule has 0 aliphatic rings. The van der Waals surface area contributed by atoms with Crippen LogP contribution in [0.5, 0.6) is 0 Å². The molecular weight excluding hydrogens is 701 g/mol. The molecule has 6 aromatic carbocycles. The van der Waals surface area contributed by atoms with E-state index in [0.29, 0.717) is 18.8 Å². The van der Waals surface area contributed by atoms with Gasteiger partial charge in [0.1, 0.15) is 11.4 Å². The predicted molar refractivity (Wildman–Crippen MR) is 228 cm³/mol. The highest BCUT2D eigenvalue weighted by Crippen LogP contribution is 2.43. The molecule has 7 nitrogen and oxygen atoms in total. The van der Waals surface area contributed by atoms with Crippen molar-refractivity contribution in [2.75, 3.05) is 0 Å². The first-order valence-corrected chi connectivity index (χ1v) is 19.8. The lowest BCUT2D eigenvalue weighted by molar-refractivity contribution is 0.451. The lowest BCUT2D eigenvalue weighted by Crippen LogP contribution is -2.39. The summed E-state index contributed by atoms with van der Waals surface area (Å²) in [5, 5.41) is 13.9. The van der Waals surface area contributed by atoms with Crippen LogP contribution >= 0.6 is 0 Å². The van der Waals surface area contributed by atoms with E-state index in [9.17, 15) is 4.79 Å².